The Morgan fingerprint density at radius 2 is 0.942 bits per heavy atom. The topological polar surface area (TPSA) is 231 Å². The molecule has 0 amide bonds. The Bertz CT molecular complexity index is 1520. The van der Waals surface area contributed by atoms with Gasteiger partial charge in [-0.3, -0.25) is 9.59 Å². The van der Waals surface area contributed by atoms with Crippen molar-refractivity contribution in [3.63, 3.8) is 0 Å². The minimum atomic E-state index is -1.78. The fourth-order valence-electron chi connectivity index (χ4n) is 7.41. The number of allylic oxidation sites excluding steroid dienone is 14. The van der Waals surface area contributed by atoms with Crippen LogP contribution in [0.1, 0.15) is 149 Å². The largest absolute Gasteiger partial charge is 0.462 e. The van der Waals surface area contributed by atoms with Crippen molar-refractivity contribution in [2.45, 2.75) is 216 Å². The van der Waals surface area contributed by atoms with Gasteiger partial charge in [0.05, 0.1) is 19.8 Å². The van der Waals surface area contributed by atoms with E-state index < -0.39 is 99.3 Å². The van der Waals surface area contributed by atoms with E-state index in [1.54, 1.807) is 0 Å². The number of hydrogen-bond donors (Lipinski definition) is 7. The van der Waals surface area contributed by atoms with E-state index in [9.17, 15) is 45.3 Å². The number of unbranched alkanes of at least 4 members (excludes halogenated alkanes) is 10. The Morgan fingerprint density at radius 3 is 1.49 bits per heavy atom. The van der Waals surface area contributed by atoms with E-state index in [1.165, 1.54) is 32.1 Å². The minimum absolute atomic E-state index is 0.0865. The monoisotopic (exact) mass is 977 g/mol. The highest BCUT2D eigenvalue weighted by Crippen LogP contribution is 2.26. The van der Waals surface area contributed by atoms with Crippen LogP contribution in [0.25, 0.3) is 0 Å². The zero-order valence-corrected chi connectivity index (χ0v) is 41.5. The normalized spacial score (nSPS) is 26.3. The molecule has 0 spiro atoms. The second kappa shape index (κ2) is 40.3. The van der Waals surface area contributed by atoms with Crippen LogP contribution in [-0.4, -0.2) is 142 Å². The van der Waals surface area contributed by atoms with E-state index in [1.807, 2.05) is 12.2 Å². The Kier molecular flexibility index (Phi) is 36.1. The van der Waals surface area contributed by atoms with Gasteiger partial charge in [0.15, 0.2) is 18.7 Å². The Morgan fingerprint density at radius 1 is 0.478 bits per heavy atom. The standard InChI is InChI=1S/C54H88O15/c1-3-5-7-9-11-13-15-17-19-20-21-22-23-25-26-28-30-32-34-36-45(56)64-39-42(67-46(57)37-35-33-31-29-27-24-18-16-14-12-10-8-6-4-2)40-65-53-52(63)50(61)48(59)44(69-53)41-66-54-51(62)49(60)47(58)43(38-55)68-54/h5,7,11,13,16-19,21-22,25-26,30,32,42-44,47-55,58-63H,3-4,6,8-10,12,14-15,20,23-24,27-29,31,33-41H2,1-2H3/b7-5+,13-11+,18-16+,19-17+,22-21+,26-25+,32-30+/t42-,43+,44+,47-,48-,49?,50?,51?,52?,53+,54+/m0/s1. The molecule has 15 nitrogen and oxygen atoms in total. The summed E-state index contributed by atoms with van der Waals surface area (Å²) < 4.78 is 33.5. The lowest BCUT2D eigenvalue weighted by atomic mass is 9.98. The number of aliphatic hydroxyl groups excluding tert-OH is 7. The van der Waals surface area contributed by atoms with Gasteiger partial charge in [-0.15, -0.1) is 0 Å². The van der Waals surface area contributed by atoms with E-state index in [0.29, 0.717) is 12.8 Å². The van der Waals surface area contributed by atoms with Crippen molar-refractivity contribution in [2.75, 3.05) is 26.4 Å². The first-order valence-corrected chi connectivity index (χ1v) is 25.7. The number of carbonyl (C=O) groups excluding carboxylic acids is 2. The average molecular weight is 977 g/mol. The van der Waals surface area contributed by atoms with Crippen LogP contribution in [0, 0.1) is 0 Å². The van der Waals surface area contributed by atoms with E-state index in [2.05, 4.69) is 86.8 Å². The number of hydrogen-bond acceptors (Lipinski definition) is 15. The third-order valence-corrected chi connectivity index (χ3v) is 11.6. The first kappa shape index (κ1) is 61.8. The van der Waals surface area contributed by atoms with E-state index in [0.717, 1.165) is 77.0 Å². The summed E-state index contributed by atoms with van der Waals surface area (Å²) in [4.78, 5) is 25.7. The second-order valence-corrected chi connectivity index (χ2v) is 17.6. The van der Waals surface area contributed by atoms with E-state index >= 15 is 0 Å². The van der Waals surface area contributed by atoms with Crippen molar-refractivity contribution in [1.82, 2.24) is 0 Å². The summed E-state index contributed by atoms with van der Waals surface area (Å²) in [5.41, 5.74) is 0. The SMILES string of the molecule is CC/C=C/C/C=C/C/C=C/C/C=C/C/C=C/C/C=C/CCC(=O)OC[C@@H](CO[C@@H]1O[C@H](CO[C@@H]2O[C@H](CO)[C@H](O)C(O)C2O)[C@H](O)C(O)C1O)OC(=O)CCCCCCC/C=C/CCCCCCC. The summed E-state index contributed by atoms with van der Waals surface area (Å²) in [5, 5.41) is 72.1. The van der Waals surface area contributed by atoms with Gasteiger partial charge in [-0.2, -0.15) is 0 Å². The highest BCUT2D eigenvalue weighted by Gasteiger charge is 2.47. The van der Waals surface area contributed by atoms with Crippen LogP contribution in [0.3, 0.4) is 0 Å². The van der Waals surface area contributed by atoms with Gasteiger partial charge in [-0.25, -0.2) is 0 Å². The first-order valence-electron chi connectivity index (χ1n) is 25.7. The predicted molar refractivity (Wildman–Crippen MR) is 265 cm³/mol. The maximum atomic E-state index is 13.0. The van der Waals surface area contributed by atoms with Crippen molar-refractivity contribution >= 4 is 11.9 Å². The molecule has 2 heterocycles. The van der Waals surface area contributed by atoms with E-state index in [-0.39, 0.29) is 19.4 Å². The summed E-state index contributed by atoms with van der Waals surface area (Å²) in [6.45, 7) is 2.36. The Labute approximate surface area is 412 Å². The molecule has 15 heteroatoms. The molecule has 0 aromatic rings. The summed E-state index contributed by atoms with van der Waals surface area (Å²) in [5.74, 6) is -1.04. The summed E-state index contributed by atoms with van der Waals surface area (Å²) in [7, 11) is 0. The van der Waals surface area contributed by atoms with Crippen LogP contribution in [0.4, 0.5) is 0 Å². The summed E-state index contributed by atoms with van der Waals surface area (Å²) in [6, 6.07) is 0. The molecule has 11 atom stereocenters. The average Bonchev–Trinajstić information content (AvgIpc) is 3.34. The molecule has 69 heavy (non-hydrogen) atoms. The highest BCUT2D eigenvalue weighted by molar-refractivity contribution is 5.70. The number of carbonyl (C=O) groups is 2. The first-order chi connectivity index (χ1) is 33.5. The third kappa shape index (κ3) is 28.3. The smallest absolute Gasteiger partial charge is 0.306 e. The molecule has 2 saturated heterocycles. The van der Waals surface area contributed by atoms with Gasteiger partial charge in [0.1, 0.15) is 55.4 Å². The van der Waals surface area contributed by atoms with Crippen LogP contribution in [0.2, 0.25) is 0 Å². The molecule has 0 bridgehead atoms. The Balaban J connectivity index is 1.85. The van der Waals surface area contributed by atoms with Gasteiger partial charge in [-0.1, -0.05) is 144 Å². The lowest BCUT2D eigenvalue weighted by Crippen LogP contribution is -2.61. The molecule has 0 radical (unpaired) electrons. The van der Waals surface area contributed by atoms with Crippen molar-refractivity contribution < 1.29 is 73.8 Å². The van der Waals surface area contributed by atoms with Gasteiger partial charge in [0, 0.05) is 12.8 Å². The maximum absolute atomic E-state index is 13.0. The predicted octanol–water partition coefficient (Wildman–Crippen LogP) is 7.21. The fourth-order valence-corrected chi connectivity index (χ4v) is 7.41. The molecule has 4 unspecified atom stereocenters. The van der Waals surface area contributed by atoms with Crippen LogP contribution in [-0.2, 0) is 38.0 Å². The number of esters is 2. The molecule has 0 aliphatic carbocycles. The quantitative estimate of drug-likeness (QED) is 0.0184. The number of rotatable bonds is 38. The lowest BCUT2D eigenvalue weighted by Gasteiger charge is -2.42. The Hall–Kier alpha value is -3.32. The molecule has 0 aromatic carbocycles. The maximum Gasteiger partial charge on any atom is 0.306 e. The van der Waals surface area contributed by atoms with Crippen LogP contribution in [0.5, 0.6) is 0 Å². The molecule has 2 aliphatic rings. The van der Waals surface area contributed by atoms with Crippen LogP contribution < -0.4 is 0 Å². The summed E-state index contributed by atoms with van der Waals surface area (Å²) >= 11 is 0. The van der Waals surface area contributed by atoms with Crippen molar-refractivity contribution in [2.24, 2.45) is 0 Å². The third-order valence-electron chi connectivity index (χ3n) is 11.6. The molecule has 0 aromatic heterocycles. The van der Waals surface area contributed by atoms with Crippen LogP contribution >= 0.6 is 0 Å². The molecular weight excluding hydrogens is 889 g/mol. The zero-order valence-electron chi connectivity index (χ0n) is 41.5. The molecular formula is C54H88O15. The van der Waals surface area contributed by atoms with Gasteiger partial charge >= 0.3 is 11.9 Å². The van der Waals surface area contributed by atoms with E-state index in [4.69, 9.17) is 28.4 Å². The second-order valence-electron chi connectivity index (χ2n) is 17.6. The van der Waals surface area contributed by atoms with Gasteiger partial charge in [0.2, 0.25) is 0 Å². The fraction of sp³-hybridized carbons (Fsp3) is 0.704. The molecule has 394 valence electrons. The van der Waals surface area contributed by atoms with Crippen molar-refractivity contribution in [1.29, 1.82) is 0 Å². The molecule has 2 aliphatic heterocycles. The zero-order chi connectivity index (χ0) is 50.3. The van der Waals surface area contributed by atoms with Gasteiger partial charge < -0.3 is 64.2 Å². The number of ether oxygens (including phenoxy) is 6. The van der Waals surface area contributed by atoms with Crippen molar-refractivity contribution in [3.05, 3.63) is 85.1 Å². The molecule has 2 rings (SSSR count). The molecule has 7 N–H and O–H groups in total. The minimum Gasteiger partial charge on any atom is -0.462 e. The van der Waals surface area contributed by atoms with Crippen molar-refractivity contribution in [3.8, 4) is 0 Å². The lowest BCUT2D eigenvalue weighted by molar-refractivity contribution is -0.332. The highest BCUT2D eigenvalue weighted by atomic mass is 16.7. The molecule has 0 saturated carbocycles. The van der Waals surface area contributed by atoms with Crippen LogP contribution in [0.15, 0.2) is 85.1 Å². The molecule has 2 fully saturated rings. The van der Waals surface area contributed by atoms with Gasteiger partial charge in [0.25, 0.3) is 0 Å². The number of aliphatic hydroxyl groups is 7. The van der Waals surface area contributed by atoms with Gasteiger partial charge in [-0.05, 0) is 77.0 Å². The summed E-state index contributed by atoms with van der Waals surface area (Å²) in [6.07, 6.45) is 31.9.